The zero-order chi connectivity index (χ0) is 8.43. The van der Waals surface area contributed by atoms with Gasteiger partial charge in [0.15, 0.2) is 0 Å². The third-order valence-electron chi connectivity index (χ3n) is 1.59. The second kappa shape index (κ2) is 2.65. The number of aromatic nitrogens is 1. The fourth-order valence-electron chi connectivity index (χ4n) is 1.01. The van der Waals surface area contributed by atoms with E-state index in [4.69, 9.17) is 10.8 Å². The minimum Gasteiger partial charge on any atom is -0.478 e. The molecule has 0 bridgehead atoms. The fourth-order valence-corrected chi connectivity index (χ4v) is 1.01. The number of carbonyl (C=O) groups is 1. The summed E-state index contributed by atoms with van der Waals surface area (Å²) < 4.78 is 0. The van der Waals surface area contributed by atoms with E-state index < -0.39 is 5.97 Å². The molecule has 0 fully saturated rings. The van der Waals surface area contributed by atoms with Gasteiger partial charge in [-0.1, -0.05) is 6.92 Å². The molecule has 1 aromatic heterocycles. The summed E-state index contributed by atoms with van der Waals surface area (Å²) in [7, 11) is 0. The molecule has 11 heavy (non-hydrogen) atoms. The van der Waals surface area contributed by atoms with Crippen LogP contribution in [0, 0.1) is 0 Å². The lowest BCUT2D eigenvalue weighted by molar-refractivity contribution is 0.0697. The zero-order valence-electron chi connectivity index (χ0n) is 6.22. The molecule has 60 valence electrons. The van der Waals surface area contributed by atoms with Crippen molar-refractivity contribution < 1.29 is 9.90 Å². The Labute approximate surface area is 64.0 Å². The van der Waals surface area contributed by atoms with E-state index in [2.05, 4.69) is 4.98 Å². The number of hydrogen-bond donors (Lipinski definition) is 3. The Hall–Kier alpha value is -1.45. The average molecular weight is 154 g/mol. The minimum absolute atomic E-state index is 0.201. The van der Waals surface area contributed by atoms with Crippen LogP contribution < -0.4 is 5.73 Å². The van der Waals surface area contributed by atoms with Crippen LogP contribution in [0.15, 0.2) is 6.20 Å². The van der Waals surface area contributed by atoms with Gasteiger partial charge in [-0.2, -0.15) is 0 Å². The molecular weight excluding hydrogens is 144 g/mol. The summed E-state index contributed by atoms with van der Waals surface area (Å²) in [5, 5.41) is 8.67. The molecule has 4 nitrogen and oxygen atoms in total. The molecule has 0 saturated heterocycles. The van der Waals surface area contributed by atoms with E-state index in [1.54, 1.807) is 6.20 Å². The Balaban J connectivity index is 3.17. The molecule has 0 spiro atoms. The summed E-state index contributed by atoms with van der Waals surface area (Å²) in [5.41, 5.74) is 6.33. The summed E-state index contributed by atoms with van der Waals surface area (Å²) in [6.07, 6.45) is 2.30. The number of nitrogens with one attached hydrogen (secondary N) is 1. The van der Waals surface area contributed by atoms with E-state index in [1.807, 2.05) is 6.92 Å². The smallest absolute Gasteiger partial charge is 0.339 e. The summed E-state index contributed by atoms with van der Waals surface area (Å²) >= 11 is 0. The Morgan fingerprint density at radius 3 is 2.82 bits per heavy atom. The molecule has 1 aromatic rings. The Kier molecular flexibility index (Phi) is 1.85. The van der Waals surface area contributed by atoms with E-state index in [0.717, 1.165) is 5.56 Å². The maximum Gasteiger partial charge on any atom is 0.339 e. The molecule has 0 aliphatic heterocycles. The van der Waals surface area contributed by atoms with Crippen LogP contribution in [0.1, 0.15) is 22.8 Å². The van der Waals surface area contributed by atoms with Crippen LogP contribution >= 0.6 is 0 Å². The first kappa shape index (κ1) is 7.65. The van der Waals surface area contributed by atoms with Crippen molar-refractivity contribution in [2.45, 2.75) is 13.3 Å². The van der Waals surface area contributed by atoms with Crippen molar-refractivity contribution in [3.63, 3.8) is 0 Å². The standard InChI is InChI=1S/C7H10N2O2/c1-2-4-3-9-6(8)5(4)7(10)11/h3,9H,2,8H2,1H3,(H,10,11). The van der Waals surface area contributed by atoms with Gasteiger partial charge >= 0.3 is 5.97 Å². The third-order valence-corrected chi connectivity index (χ3v) is 1.59. The van der Waals surface area contributed by atoms with Crippen LogP contribution in [0.2, 0.25) is 0 Å². The molecule has 0 aliphatic carbocycles. The third kappa shape index (κ3) is 1.19. The fraction of sp³-hybridized carbons (Fsp3) is 0.286. The van der Waals surface area contributed by atoms with Crippen molar-refractivity contribution in [3.05, 3.63) is 17.3 Å². The van der Waals surface area contributed by atoms with Crippen LogP contribution in [0.4, 0.5) is 5.82 Å². The number of aryl methyl sites for hydroxylation is 1. The number of rotatable bonds is 2. The first-order chi connectivity index (χ1) is 5.16. The maximum absolute atomic E-state index is 10.6. The molecule has 4 N–H and O–H groups in total. The highest BCUT2D eigenvalue weighted by Gasteiger charge is 2.13. The van der Waals surface area contributed by atoms with Crippen LogP contribution in [0.5, 0.6) is 0 Å². The van der Waals surface area contributed by atoms with Crippen molar-refractivity contribution in [1.29, 1.82) is 0 Å². The lowest BCUT2D eigenvalue weighted by Crippen LogP contribution is -2.02. The van der Waals surface area contributed by atoms with Crippen molar-refractivity contribution in [3.8, 4) is 0 Å². The van der Waals surface area contributed by atoms with Crippen molar-refractivity contribution in [1.82, 2.24) is 4.98 Å². The monoisotopic (exact) mass is 154 g/mol. The molecule has 0 amide bonds. The molecular formula is C7H10N2O2. The largest absolute Gasteiger partial charge is 0.478 e. The average Bonchev–Trinajstić information content (AvgIpc) is 2.30. The molecule has 4 heteroatoms. The van der Waals surface area contributed by atoms with Gasteiger partial charge in [-0.05, 0) is 12.0 Å². The van der Waals surface area contributed by atoms with Gasteiger partial charge in [0.2, 0.25) is 0 Å². The van der Waals surface area contributed by atoms with E-state index in [0.29, 0.717) is 6.42 Å². The summed E-state index contributed by atoms with van der Waals surface area (Å²) in [5.74, 6) is -0.741. The van der Waals surface area contributed by atoms with Gasteiger partial charge in [-0.15, -0.1) is 0 Å². The van der Waals surface area contributed by atoms with Gasteiger partial charge in [-0.25, -0.2) is 4.79 Å². The number of anilines is 1. The molecule has 0 aromatic carbocycles. The van der Waals surface area contributed by atoms with Crippen LogP contribution in [0.3, 0.4) is 0 Å². The second-order valence-corrected chi connectivity index (χ2v) is 2.26. The van der Waals surface area contributed by atoms with Gasteiger partial charge in [0.1, 0.15) is 11.4 Å². The van der Waals surface area contributed by atoms with Gasteiger partial charge in [0.25, 0.3) is 0 Å². The number of nitrogens with two attached hydrogens (primary N) is 1. The first-order valence-electron chi connectivity index (χ1n) is 3.35. The number of H-pyrrole nitrogens is 1. The zero-order valence-corrected chi connectivity index (χ0v) is 6.22. The van der Waals surface area contributed by atoms with Crippen LogP contribution in [-0.4, -0.2) is 16.1 Å². The Morgan fingerprint density at radius 1 is 1.82 bits per heavy atom. The highest BCUT2D eigenvalue weighted by Crippen LogP contribution is 2.15. The number of aromatic carboxylic acids is 1. The van der Waals surface area contributed by atoms with Crippen molar-refractivity contribution in [2.75, 3.05) is 5.73 Å². The first-order valence-corrected chi connectivity index (χ1v) is 3.35. The molecule has 0 radical (unpaired) electrons. The predicted octanol–water partition coefficient (Wildman–Crippen LogP) is 0.858. The Morgan fingerprint density at radius 2 is 2.45 bits per heavy atom. The van der Waals surface area contributed by atoms with Crippen LogP contribution in [0.25, 0.3) is 0 Å². The van der Waals surface area contributed by atoms with E-state index >= 15 is 0 Å². The number of hydrogen-bond acceptors (Lipinski definition) is 2. The topological polar surface area (TPSA) is 79.1 Å². The quantitative estimate of drug-likeness (QED) is 0.591. The predicted molar refractivity (Wildman–Crippen MR) is 41.5 cm³/mol. The number of carboxylic acids is 1. The SMILES string of the molecule is CCc1c[nH]c(N)c1C(=O)O. The number of carboxylic acid groups (broad SMARTS) is 1. The molecule has 0 atom stereocenters. The van der Waals surface area contributed by atoms with Gasteiger partial charge in [-0.3, -0.25) is 0 Å². The second-order valence-electron chi connectivity index (χ2n) is 2.26. The summed E-state index contributed by atoms with van der Waals surface area (Å²) in [6.45, 7) is 1.88. The van der Waals surface area contributed by atoms with Gasteiger partial charge < -0.3 is 15.8 Å². The van der Waals surface area contributed by atoms with E-state index in [-0.39, 0.29) is 11.4 Å². The lowest BCUT2D eigenvalue weighted by Gasteiger charge is -1.94. The van der Waals surface area contributed by atoms with Crippen molar-refractivity contribution >= 4 is 11.8 Å². The molecule has 1 heterocycles. The van der Waals surface area contributed by atoms with E-state index in [9.17, 15) is 4.79 Å². The molecule has 1 rings (SSSR count). The highest BCUT2D eigenvalue weighted by atomic mass is 16.4. The van der Waals surface area contributed by atoms with Gasteiger partial charge in [0.05, 0.1) is 0 Å². The molecule has 0 aliphatic rings. The van der Waals surface area contributed by atoms with E-state index in [1.165, 1.54) is 0 Å². The normalized spacial score (nSPS) is 9.91. The molecule has 0 unspecified atom stereocenters. The van der Waals surface area contributed by atoms with Crippen LogP contribution in [-0.2, 0) is 6.42 Å². The highest BCUT2D eigenvalue weighted by molar-refractivity contribution is 5.94. The minimum atomic E-state index is -0.972. The Bertz CT molecular complexity index is 278. The molecule has 0 saturated carbocycles. The number of nitrogen functional groups attached to an aromatic ring is 1. The van der Waals surface area contributed by atoms with Gasteiger partial charge in [0, 0.05) is 6.20 Å². The summed E-state index contributed by atoms with van der Waals surface area (Å²) in [6, 6.07) is 0. The lowest BCUT2D eigenvalue weighted by atomic mass is 10.1. The number of aromatic amines is 1. The maximum atomic E-state index is 10.6. The summed E-state index contributed by atoms with van der Waals surface area (Å²) in [4.78, 5) is 13.2. The van der Waals surface area contributed by atoms with Crippen molar-refractivity contribution in [2.24, 2.45) is 0 Å².